The molecule has 1 atom stereocenters. The van der Waals surface area contributed by atoms with Crippen LogP contribution in [-0.2, 0) is 4.74 Å². The average molecular weight is 245 g/mol. The molecule has 1 unspecified atom stereocenters. The Hall–Kier alpha value is -1.25. The molecular formula is C8H11N3O4S. The molecule has 7 nitrogen and oxygen atoms in total. The summed E-state index contributed by atoms with van der Waals surface area (Å²) in [6.07, 6.45) is 1.01. The van der Waals surface area contributed by atoms with Crippen molar-refractivity contribution in [1.82, 2.24) is 4.98 Å². The first kappa shape index (κ1) is 11.2. The van der Waals surface area contributed by atoms with Crippen molar-refractivity contribution in [2.75, 3.05) is 31.2 Å². The van der Waals surface area contributed by atoms with Gasteiger partial charge in [-0.05, 0) is 11.3 Å². The Morgan fingerprint density at radius 3 is 3.25 bits per heavy atom. The summed E-state index contributed by atoms with van der Waals surface area (Å²) in [5, 5.41) is 20.1. The van der Waals surface area contributed by atoms with E-state index in [0.29, 0.717) is 24.8 Å². The van der Waals surface area contributed by atoms with Crippen LogP contribution in [-0.4, -0.2) is 47.4 Å². The van der Waals surface area contributed by atoms with Gasteiger partial charge in [0.2, 0.25) is 0 Å². The summed E-state index contributed by atoms with van der Waals surface area (Å²) < 4.78 is 5.28. The van der Waals surface area contributed by atoms with Crippen LogP contribution in [0.25, 0.3) is 0 Å². The molecule has 0 saturated carbocycles. The Labute approximate surface area is 95.4 Å². The van der Waals surface area contributed by atoms with E-state index in [-0.39, 0.29) is 17.7 Å². The standard InChI is InChI=1S/C8H11N3O4S/c12-5-6-4-10(1-2-15-6)8-9-3-7(16-8)11(13)14/h3,6,12H,1-2,4-5H2. The number of thiazole rings is 1. The van der Waals surface area contributed by atoms with Crippen LogP contribution in [0.2, 0.25) is 0 Å². The number of nitro groups is 1. The van der Waals surface area contributed by atoms with Crippen molar-refractivity contribution >= 4 is 21.5 Å². The highest BCUT2D eigenvalue weighted by atomic mass is 32.1. The summed E-state index contributed by atoms with van der Waals surface area (Å²) >= 11 is 1.04. The maximum Gasteiger partial charge on any atom is 0.345 e. The number of anilines is 1. The Morgan fingerprint density at radius 1 is 1.81 bits per heavy atom. The van der Waals surface area contributed by atoms with Gasteiger partial charge in [-0.15, -0.1) is 0 Å². The summed E-state index contributed by atoms with van der Waals surface area (Å²) in [6.45, 7) is 1.60. The van der Waals surface area contributed by atoms with Crippen molar-refractivity contribution in [2.45, 2.75) is 6.10 Å². The first-order valence-corrected chi connectivity index (χ1v) is 5.60. The second-order valence-corrected chi connectivity index (χ2v) is 4.35. The van der Waals surface area contributed by atoms with E-state index in [1.807, 2.05) is 4.90 Å². The van der Waals surface area contributed by atoms with E-state index in [1.54, 1.807) is 0 Å². The quantitative estimate of drug-likeness (QED) is 0.606. The topological polar surface area (TPSA) is 88.7 Å². The molecule has 8 heteroatoms. The van der Waals surface area contributed by atoms with E-state index in [4.69, 9.17) is 9.84 Å². The van der Waals surface area contributed by atoms with Crippen LogP contribution in [0.15, 0.2) is 6.20 Å². The molecule has 1 fully saturated rings. The van der Waals surface area contributed by atoms with Crippen LogP contribution >= 0.6 is 11.3 Å². The molecular weight excluding hydrogens is 234 g/mol. The SMILES string of the molecule is O=[N+]([O-])c1cnc(N2CCOC(CO)C2)s1. The Bertz CT molecular complexity index is 383. The molecule has 2 heterocycles. The molecule has 0 aliphatic carbocycles. The van der Waals surface area contributed by atoms with Crippen LogP contribution in [0.5, 0.6) is 0 Å². The van der Waals surface area contributed by atoms with Gasteiger partial charge < -0.3 is 14.7 Å². The smallest absolute Gasteiger partial charge is 0.345 e. The molecule has 1 N–H and O–H groups in total. The van der Waals surface area contributed by atoms with Crippen LogP contribution < -0.4 is 4.90 Å². The Balaban J connectivity index is 2.08. The van der Waals surface area contributed by atoms with E-state index in [2.05, 4.69) is 4.98 Å². The third-order valence-electron chi connectivity index (χ3n) is 2.27. The Kier molecular flexibility index (Phi) is 3.32. The highest BCUT2D eigenvalue weighted by Crippen LogP contribution is 2.29. The lowest BCUT2D eigenvalue weighted by Gasteiger charge is -2.31. The monoisotopic (exact) mass is 245 g/mol. The second-order valence-electron chi connectivity index (χ2n) is 3.36. The van der Waals surface area contributed by atoms with Crippen molar-refractivity contribution in [3.05, 3.63) is 16.3 Å². The van der Waals surface area contributed by atoms with E-state index in [0.717, 1.165) is 11.3 Å². The zero-order valence-corrected chi connectivity index (χ0v) is 9.22. The molecule has 0 aromatic carbocycles. The van der Waals surface area contributed by atoms with Crippen molar-refractivity contribution in [3.8, 4) is 0 Å². The summed E-state index contributed by atoms with van der Waals surface area (Å²) in [5.74, 6) is 0. The molecule has 0 radical (unpaired) electrons. The number of ether oxygens (including phenoxy) is 1. The van der Waals surface area contributed by atoms with Gasteiger partial charge in [0.1, 0.15) is 6.20 Å². The van der Waals surface area contributed by atoms with E-state index in [9.17, 15) is 10.1 Å². The third kappa shape index (κ3) is 2.29. The minimum atomic E-state index is -0.453. The minimum absolute atomic E-state index is 0.0297. The molecule has 1 aliphatic heterocycles. The zero-order valence-electron chi connectivity index (χ0n) is 8.40. The highest BCUT2D eigenvalue weighted by Gasteiger charge is 2.23. The Morgan fingerprint density at radius 2 is 2.62 bits per heavy atom. The van der Waals surface area contributed by atoms with Crippen molar-refractivity contribution in [2.24, 2.45) is 0 Å². The van der Waals surface area contributed by atoms with Gasteiger partial charge in [-0.25, -0.2) is 4.98 Å². The molecule has 16 heavy (non-hydrogen) atoms. The third-order valence-corrected chi connectivity index (χ3v) is 3.28. The molecule has 0 bridgehead atoms. The molecule has 2 rings (SSSR count). The number of rotatable bonds is 3. The number of aromatic nitrogens is 1. The summed E-state index contributed by atoms with van der Waals surface area (Å²) in [6, 6.07) is 0. The van der Waals surface area contributed by atoms with Crippen LogP contribution in [0, 0.1) is 10.1 Å². The molecule has 1 aliphatic rings. The lowest BCUT2D eigenvalue weighted by Crippen LogP contribution is -2.44. The number of hydrogen-bond acceptors (Lipinski definition) is 7. The number of morpholine rings is 1. The van der Waals surface area contributed by atoms with Crippen LogP contribution in [0.4, 0.5) is 10.1 Å². The van der Waals surface area contributed by atoms with Gasteiger partial charge in [-0.3, -0.25) is 10.1 Å². The molecule has 88 valence electrons. The predicted octanol–water partition coefficient (Wildman–Crippen LogP) is 0.249. The van der Waals surface area contributed by atoms with Gasteiger partial charge in [-0.2, -0.15) is 0 Å². The fraction of sp³-hybridized carbons (Fsp3) is 0.625. The highest BCUT2D eigenvalue weighted by molar-refractivity contribution is 7.18. The van der Waals surface area contributed by atoms with E-state index < -0.39 is 4.92 Å². The number of hydrogen-bond donors (Lipinski definition) is 1. The van der Waals surface area contributed by atoms with Gasteiger partial charge in [-0.1, -0.05) is 0 Å². The first-order chi connectivity index (χ1) is 7.70. The molecule has 1 aromatic heterocycles. The normalized spacial score (nSPS) is 21.1. The van der Waals surface area contributed by atoms with Gasteiger partial charge in [0, 0.05) is 13.1 Å². The van der Waals surface area contributed by atoms with E-state index >= 15 is 0 Å². The fourth-order valence-corrected chi connectivity index (χ4v) is 2.26. The molecule has 0 spiro atoms. The van der Waals surface area contributed by atoms with Crippen LogP contribution in [0.3, 0.4) is 0 Å². The maximum atomic E-state index is 10.5. The number of nitrogens with zero attached hydrogens (tertiary/aromatic N) is 3. The fourth-order valence-electron chi connectivity index (χ4n) is 1.49. The lowest BCUT2D eigenvalue weighted by atomic mass is 10.3. The van der Waals surface area contributed by atoms with Crippen LogP contribution in [0.1, 0.15) is 0 Å². The lowest BCUT2D eigenvalue weighted by molar-refractivity contribution is -0.380. The minimum Gasteiger partial charge on any atom is -0.394 e. The van der Waals surface area contributed by atoms with Gasteiger partial charge in [0.25, 0.3) is 0 Å². The summed E-state index contributed by atoms with van der Waals surface area (Å²) in [4.78, 5) is 15.9. The number of aliphatic hydroxyl groups is 1. The summed E-state index contributed by atoms with van der Waals surface area (Å²) in [5.41, 5.74) is 0. The van der Waals surface area contributed by atoms with Gasteiger partial charge >= 0.3 is 5.00 Å². The van der Waals surface area contributed by atoms with Crippen molar-refractivity contribution in [1.29, 1.82) is 0 Å². The molecule has 1 aromatic rings. The van der Waals surface area contributed by atoms with E-state index in [1.165, 1.54) is 6.20 Å². The average Bonchev–Trinajstić information content (AvgIpc) is 2.78. The predicted molar refractivity (Wildman–Crippen MR) is 57.8 cm³/mol. The van der Waals surface area contributed by atoms with Crippen molar-refractivity contribution in [3.63, 3.8) is 0 Å². The maximum absolute atomic E-state index is 10.5. The van der Waals surface area contributed by atoms with Gasteiger partial charge in [0.15, 0.2) is 5.13 Å². The largest absolute Gasteiger partial charge is 0.394 e. The zero-order chi connectivity index (χ0) is 11.5. The first-order valence-electron chi connectivity index (χ1n) is 4.78. The van der Waals surface area contributed by atoms with Gasteiger partial charge in [0.05, 0.1) is 24.2 Å². The second kappa shape index (κ2) is 4.73. The van der Waals surface area contributed by atoms with Crippen molar-refractivity contribution < 1.29 is 14.8 Å². The molecule has 0 amide bonds. The summed E-state index contributed by atoms with van der Waals surface area (Å²) in [7, 11) is 0. The molecule has 1 saturated heterocycles. The number of aliphatic hydroxyl groups excluding tert-OH is 1.